The molecular weight excluding hydrogens is 249 g/mol. The average molecular weight is 260 g/mol. The lowest BCUT2D eigenvalue weighted by Crippen LogP contribution is -2.21. The molecule has 14 heavy (non-hydrogen) atoms. The Morgan fingerprint density at radius 3 is 3.14 bits per heavy atom. The fraction of sp³-hybridized carbons (Fsp3) is 0.400. The van der Waals surface area contributed by atoms with Gasteiger partial charge in [-0.05, 0) is 34.6 Å². The lowest BCUT2D eigenvalue weighted by Gasteiger charge is -2.08. The highest BCUT2D eigenvalue weighted by Crippen LogP contribution is 2.35. The maximum absolute atomic E-state index is 13.3. The van der Waals surface area contributed by atoms with Crippen LogP contribution in [0.25, 0.3) is 0 Å². The molecule has 1 N–H and O–H groups in total. The van der Waals surface area contributed by atoms with Crippen LogP contribution in [0.4, 0.5) is 4.39 Å². The third-order valence-electron chi connectivity index (χ3n) is 2.28. The van der Waals surface area contributed by atoms with Crippen molar-refractivity contribution >= 4 is 15.9 Å². The molecule has 1 aliphatic heterocycles. The highest BCUT2D eigenvalue weighted by Gasteiger charge is 2.24. The quantitative estimate of drug-likeness (QED) is 0.882. The van der Waals surface area contributed by atoms with Gasteiger partial charge in [-0.25, -0.2) is 4.39 Å². The predicted octanol–water partition coefficient (Wildman–Crippen LogP) is 2.63. The molecule has 0 saturated heterocycles. The Morgan fingerprint density at radius 1 is 1.64 bits per heavy atom. The smallest absolute Gasteiger partial charge is 0.137 e. The predicted molar refractivity (Wildman–Crippen MR) is 56.0 cm³/mol. The zero-order valence-corrected chi connectivity index (χ0v) is 9.40. The zero-order chi connectivity index (χ0) is 10.1. The van der Waals surface area contributed by atoms with Crippen LogP contribution in [0.1, 0.15) is 18.5 Å². The van der Waals surface area contributed by atoms with Crippen molar-refractivity contribution in [1.82, 2.24) is 5.32 Å². The first kappa shape index (κ1) is 9.93. The zero-order valence-electron chi connectivity index (χ0n) is 7.81. The first-order chi connectivity index (χ1) is 6.72. The molecule has 1 unspecified atom stereocenters. The highest BCUT2D eigenvalue weighted by atomic mass is 79.9. The van der Waals surface area contributed by atoms with Gasteiger partial charge >= 0.3 is 0 Å². The summed E-state index contributed by atoms with van der Waals surface area (Å²) in [5.74, 6) is 0.529. The summed E-state index contributed by atoms with van der Waals surface area (Å²) in [6.07, 6.45) is 0. The molecule has 0 aliphatic carbocycles. The van der Waals surface area contributed by atoms with Crippen molar-refractivity contribution < 1.29 is 9.13 Å². The molecule has 76 valence electrons. The van der Waals surface area contributed by atoms with Gasteiger partial charge < -0.3 is 10.1 Å². The van der Waals surface area contributed by atoms with Gasteiger partial charge in [-0.3, -0.25) is 0 Å². The summed E-state index contributed by atoms with van der Waals surface area (Å²) in [5.41, 5.74) is 0.910. The third kappa shape index (κ3) is 1.64. The number of hydrogen-bond acceptors (Lipinski definition) is 2. The van der Waals surface area contributed by atoms with Crippen LogP contribution in [0.2, 0.25) is 0 Å². The van der Waals surface area contributed by atoms with Gasteiger partial charge in [0.1, 0.15) is 18.2 Å². The minimum atomic E-state index is -0.239. The van der Waals surface area contributed by atoms with E-state index in [0.717, 1.165) is 17.9 Å². The lowest BCUT2D eigenvalue weighted by molar-refractivity contribution is 0.313. The molecular formula is C10H11BrFNO. The van der Waals surface area contributed by atoms with Crippen LogP contribution < -0.4 is 10.1 Å². The molecule has 2 nitrogen and oxygen atoms in total. The molecule has 1 aliphatic rings. The van der Waals surface area contributed by atoms with Crippen molar-refractivity contribution in [2.75, 3.05) is 13.2 Å². The van der Waals surface area contributed by atoms with Crippen molar-refractivity contribution in [2.45, 2.75) is 13.0 Å². The minimum Gasteiger partial charge on any atom is -0.491 e. The van der Waals surface area contributed by atoms with Crippen LogP contribution in [0, 0.1) is 5.82 Å². The average Bonchev–Trinajstić information content (AvgIpc) is 2.51. The fourth-order valence-corrected chi connectivity index (χ4v) is 1.94. The van der Waals surface area contributed by atoms with E-state index >= 15 is 0 Å². The molecule has 1 aromatic rings. The number of ether oxygens (including phenoxy) is 1. The molecule has 2 rings (SSSR count). The molecule has 0 aromatic heterocycles. The highest BCUT2D eigenvalue weighted by molar-refractivity contribution is 9.10. The van der Waals surface area contributed by atoms with E-state index in [2.05, 4.69) is 21.2 Å². The first-order valence-corrected chi connectivity index (χ1v) is 5.36. The van der Waals surface area contributed by atoms with Crippen LogP contribution in [-0.2, 0) is 0 Å². The lowest BCUT2D eigenvalue weighted by atomic mass is 10.1. The topological polar surface area (TPSA) is 21.3 Å². The molecule has 4 heteroatoms. The van der Waals surface area contributed by atoms with E-state index in [9.17, 15) is 4.39 Å². The Kier molecular flexibility index (Phi) is 2.74. The van der Waals surface area contributed by atoms with E-state index in [1.807, 2.05) is 6.92 Å². The Morgan fingerprint density at radius 2 is 2.43 bits per heavy atom. The van der Waals surface area contributed by atoms with Gasteiger partial charge in [0, 0.05) is 5.56 Å². The van der Waals surface area contributed by atoms with Gasteiger partial charge in [-0.15, -0.1) is 0 Å². The number of hydrogen-bond donors (Lipinski definition) is 1. The summed E-state index contributed by atoms with van der Waals surface area (Å²) in [5, 5.41) is 3.24. The summed E-state index contributed by atoms with van der Waals surface area (Å²) in [7, 11) is 0. The monoisotopic (exact) mass is 259 g/mol. The van der Waals surface area contributed by atoms with Gasteiger partial charge in [0.05, 0.1) is 10.5 Å². The molecule has 1 atom stereocenters. The van der Waals surface area contributed by atoms with Gasteiger partial charge in [-0.1, -0.05) is 6.92 Å². The number of fused-ring (bicyclic) bond motifs is 1. The van der Waals surface area contributed by atoms with Crippen molar-refractivity contribution in [2.24, 2.45) is 0 Å². The Bertz CT molecular complexity index is 356. The van der Waals surface area contributed by atoms with Gasteiger partial charge in [0.25, 0.3) is 0 Å². The van der Waals surface area contributed by atoms with E-state index < -0.39 is 0 Å². The minimum absolute atomic E-state index is 0.123. The van der Waals surface area contributed by atoms with Crippen molar-refractivity contribution in [3.8, 4) is 5.75 Å². The van der Waals surface area contributed by atoms with Crippen molar-refractivity contribution in [1.29, 1.82) is 0 Å². The maximum atomic E-state index is 13.3. The Balaban J connectivity index is 2.35. The summed E-state index contributed by atoms with van der Waals surface area (Å²) in [6, 6.07) is 3.33. The number of halogens is 2. The van der Waals surface area contributed by atoms with Crippen LogP contribution >= 0.6 is 15.9 Å². The molecule has 0 saturated carbocycles. The van der Waals surface area contributed by atoms with Crippen LogP contribution in [0.5, 0.6) is 5.75 Å². The summed E-state index contributed by atoms with van der Waals surface area (Å²) < 4.78 is 19.1. The molecule has 1 heterocycles. The Hall–Kier alpha value is -0.610. The van der Waals surface area contributed by atoms with Crippen LogP contribution in [0.15, 0.2) is 16.6 Å². The summed E-state index contributed by atoms with van der Waals surface area (Å²) in [4.78, 5) is 0. The van der Waals surface area contributed by atoms with E-state index in [0.29, 0.717) is 11.1 Å². The van der Waals surface area contributed by atoms with Gasteiger partial charge in [-0.2, -0.15) is 0 Å². The largest absolute Gasteiger partial charge is 0.491 e. The van der Waals surface area contributed by atoms with E-state index in [-0.39, 0.29) is 11.9 Å². The molecule has 0 radical (unpaired) electrons. The number of nitrogens with one attached hydrogen (secondary N) is 1. The molecule has 0 fully saturated rings. The van der Waals surface area contributed by atoms with E-state index in [1.54, 1.807) is 6.07 Å². The SMILES string of the molecule is CCNC1COc2cc(Br)c(F)cc21. The third-order valence-corrected chi connectivity index (χ3v) is 2.89. The molecule has 0 amide bonds. The van der Waals surface area contributed by atoms with Crippen molar-refractivity contribution in [3.05, 3.63) is 28.0 Å². The number of benzene rings is 1. The second-order valence-corrected chi connectivity index (χ2v) is 4.08. The normalized spacial score (nSPS) is 19.2. The van der Waals surface area contributed by atoms with Gasteiger partial charge in [0.15, 0.2) is 0 Å². The standard InChI is InChI=1S/C10H11BrFNO/c1-2-13-9-5-14-10-4-7(11)8(12)3-6(9)10/h3-4,9,13H,2,5H2,1H3. The summed E-state index contributed by atoms with van der Waals surface area (Å²) >= 11 is 3.13. The fourth-order valence-electron chi connectivity index (χ4n) is 1.62. The first-order valence-electron chi connectivity index (χ1n) is 4.57. The number of rotatable bonds is 2. The second-order valence-electron chi connectivity index (χ2n) is 3.23. The van der Waals surface area contributed by atoms with Gasteiger partial charge in [0.2, 0.25) is 0 Å². The van der Waals surface area contributed by atoms with E-state index in [4.69, 9.17) is 4.74 Å². The van der Waals surface area contributed by atoms with Crippen LogP contribution in [0.3, 0.4) is 0 Å². The van der Waals surface area contributed by atoms with Crippen LogP contribution in [-0.4, -0.2) is 13.2 Å². The second kappa shape index (κ2) is 3.87. The maximum Gasteiger partial charge on any atom is 0.137 e. The Labute approximate surface area is 90.6 Å². The summed E-state index contributed by atoms with van der Waals surface area (Å²) in [6.45, 7) is 3.46. The molecule has 0 spiro atoms. The van der Waals surface area contributed by atoms with Crippen molar-refractivity contribution in [3.63, 3.8) is 0 Å². The molecule has 0 bridgehead atoms. The number of likely N-dealkylation sites (N-methyl/N-ethyl adjacent to an activating group) is 1. The molecule has 1 aromatic carbocycles. The van der Waals surface area contributed by atoms with E-state index in [1.165, 1.54) is 6.07 Å².